The van der Waals surface area contributed by atoms with Crippen LogP contribution in [-0.4, -0.2) is 42.9 Å². The van der Waals surface area contributed by atoms with Crippen molar-refractivity contribution in [2.24, 2.45) is 0 Å². The van der Waals surface area contributed by atoms with Gasteiger partial charge in [0.15, 0.2) is 0 Å². The van der Waals surface area contributed by atoms with Gasteiger partial charge in [-0.25, -0.2) is 13.2 Å². The van der Waals surface area contributed by atoms with Gasteiger partial charge in [-0.05, 0) is 43.5 Å². The highest BCUT2D eigenvalue weighted by molar-refractivity contribution is 7.89. The standard InChI is InChI=1S/C20H20ClN3O6S/c1-13-2-4-17(24(26)27)11-19(13)31(28,29)22-8-6-16(7-9-22)23-18-5-3-15(21)10-14(18)12-30-20(23)25/h2-5,10-11,16H,6-9,12H2,1H3. The molecule has 1 amide bonds. The molecule has 2 aromatic rings. The van der Waals surface area contributed by atoms with Crippen LogP contribution in [0.15, 0.2) is 41.3 Å². The Balaban J connectivity index is 1.55. The average molecular weight is 466 g/mol. The van der Waals surface area contributed by atoms with E-state index < -0.39 is 21.0 Å². The van der Waals surface area contributed by atoms with Gasteiger partial charge in [0.25, 0.3) is 5.69 Å². The highest BCUT2D eigenvalue weighted by Crippen LogP contribution is 2.35. The van der Waals surface area contributed by atoms with Gasteiger partial charge in [0.2, 0.25) is 10.0 Å². The molecule has 0 radical (unpaired) electrons. The number of halogens is 1. The monoisotopic (exact) mass is 465 g/mol. The van der Waals surface area contributed by atoms with Gasteiger partial charge in [0.05, 0.1) is 15.5 Å². The minimum atomic E-state index is -3.91. The molecule has 1 saturated heterocycles. The number of nitrogens with zero attached hydrogens (tertiary/aromatic N) is 3. The van der Waals surface area contributed by atoms with Crippen LogP contribution in [0.4, 0.5) is 16.2 Å². The van der Waals surface area contributed by atoms with Crippen molar-refractivity contribution in [2.75, 3.05) is 18.0 Å². The summed E-state index contributed by atoms with van der Waals surface area (Å²) in [5.41, 5.74) is 1.69. The van der Waals surface area contributed by atoms with Crippen LogP contribution in [0, 0.1) is 17.0 Å². The number of benzene rings is 2. The first-order valence-corrected chi connectivity index (χ1v) is 11.5. The summed E-state index contributed by atoms with van der Waals surface area (Å²) < 4.78 is 32.9. The normalized spacial score (nSPS) is 17.9. The highest BCUT2D eigenvalue weighted by atomic mass is 35.5. The molecule has 2 aliphatic heterocycles. The van der Waals surface area contributed by atoms with Crippen LogP contribution in [0.5, 0.6) is 0 Å². The molecule has 11 heteroatoms. The first kappa shape index (κ1) is 21.5. The summed E-state index contributed by atoms with van der Waals surface area (Å²) in [4.78, 5) is 24.4. The zero-order chi connectivity index (χ0) is 22.3. The molecule has 4 rings (SSSR count). The fourth-order valence-corrected chi connectivity index (χ4v) is 5.93. The van der Waals surface area contributed by atoms with Crippen LogP contribution < -0.4 is 4.90 Å². The first-order chi connectivity index (χ1) is 14.7. The van der Waals surface area contributed by atoms with Gasteiger partial charge in [0.1, 0.15) is 6.61 Å². The largest absolute Gasteiger partial charge is 0.444 e. The Morgan fingerprint density at radius 3 is 2.55 bits per heavy atom. The van der Waals surface area contributed by atoms with E-state index in [9.17, 15) is 23.3 Å². The Bertz CT molecular complexity index is 1160. The van der Waals surface area contributed by atoms with Crippen molar-refractivity contribution in [1.29, 1.82) is 0 Å². The van der Waals surface area contributed by atoms with Crippen LogP contribution in [0.3, 0.4) is 0 Å². The van der Waals surface area contributed by atoms with E-state index in [-0.39, 0.29) is 36.3 Å². The van der Waals surface area contributed by atoms with Crippen molar-refractivity contribution in [1.82, 2.24) is 4.31 Å². The molecule has 0 spiro atoms. The molecule has 0 bridgehead atoms. The summed E-state index contributed by atoms with van der Waals surface area (Å²) >= 11 is 6.04. The van der Waals surface area contributed by atoms with Crippen molar-refractivity contribution in [3.63, 3.8) is 0 Å². The molecule has 0 atom stereocenters. The lowest BCUT2D eigenvalue weighted by atomic mass is 10.0. The molecule has 164 valence electrons. The van der Waals surface area contributed by atoms with Crippen molar-refractivity contribution in [3.05, 3.63) is 62.7 Å². The van der Waals surface area contributed by atoms with Gasteiger partial charge in [-0.2, -0.15) is 4.31 Å². The second-order valence-electron chi connectivity index (χ2n) is 7.54. The van der Waals surface area contributed by atoms with Gasteiger partial charge < -0.3 is 4.74 Å². The van der Waals surface area contributed by atoms with E-state index >= 15 is 0 Å². The molecule has 2 aliphatic rings. The number of aryl methyl sites for hydroxylation is 1. The molecule has 0 saturated carbocycles. The third-order valence-corrected chi connectivity index (χ3v) is 7.91. The van der Waals surface area contributed by atoms with E-state index in [0.29, 0.717) is 23.4 Å². The van der Waals surface area contributed by atoms with Crippen LogP contribution in [0.1, 0.15) is 24.0 Å². The smallest absolute Gasteiger partial charge is 0.414 e. The summed E-state index contributed by atoms with van der Waals surface area (Å²) in [7, 11) is -3.91. The molecule has 31 heavy (non-hydrogen) atoms. The van der Waals surface area contributed by atoms with E-state index in [1.807, 2.05) is 0 Å². The number of cyclic esters (lactones) is 1. The van der Waals surface area contributed by atoms with Crippen molar-refractivity contribution in [3.8, 4) is 0 Å². The number of hydrogen-bond acceptors (Lipinski definition) is 6. The molecule has 0 unspecified atom stereocenters. The summed E-state index contributed by atoms with van der Waals surface area (Å²) in [6.07, 6.45) is 0.347. The van der Waals surface area contributed by atoms with Crippen molar-refractivity contribution >= 4 is 39.1 Å². The number of non-ortho nitro benzene ring substituents is 1. The van der Waals surface area contributed by atoms with Crippen LogP contribution >= 0.6 is 11.6 Å². The molecular weight excluding hydrogens is 446 g/mol. The van der Waals surface area contributed by atoms with Gasteiger partial charge in [0, 0.05) is 41.9 Å². The van der Waals surface area contributed by atoms with Crippen LogP contribution in [-0.2, 0) is 21.4 Å². The second-order valence-corrected chi connectivity index (χ2v) is 9.88. The van der Waals surface area contributed by atoms with Crippen molar-refractivity contribution < 1.29 is 22.9 Å². The Morgan fingerprint density at radius 2 is 1.87 bits per heavy atom. The number of piperidine rings is 1. The molecular formula is C20H20ClN3O6S. The fraction of sp³-hybridized carbons (Fsp3) is 0.350. The number of ether oxygens (including phenoxy) is 1. The zero-order valence-corrected chi connectivity index (χ0v) is 18.2. The summed E-state index contributed by atoms with van der Waals surface area (Å²) in [5, 5.41) is 11.6. The lowest BCUT2D eigenvalue weighted by Gasteiger charge is -2.39. The van der Waals surface area contributed by atoms with Gasteiger partial charge in [-0.1, -0.05) is 17.7 Å². The van der Waals surface area contributed by atoms with Gasteiger partial charge in [-0.15, -0.1) is 0 Å². The number of carbonyl (C=O) groups is 1. The average Bonchev–Trinajstić information content (AvgIpc) is 2.74. The fourth-order valence-electron chi connectivity index (χ4n) is 4.02. The minimum Gasteiger partial charge on any atom is -0.444 e. The quantitative estimate of drug-likeness (QED) is 0.500. The van der Waals surface area contributed by atoms with E-state index in [4.69, 9.17) is 16.3 Å². The summed E-state index contributed by atoms with van der Waals surface area (Å²) in [5.74, 6) is 0. The number of sulfonamides is 1. The minimum absolute atomic E-state index is 0.0717. The molecule has 0 N–H and O–H groups in total. The Morgan fingerprint density at radius 1 is 1.16 bits per heavy atom. The first-order valence-electron chi connectivity index (χ1n) is 9.68. The molecule has 0 aliphatic carbocycles. The molecule has 9 nitrogen and oxygen atoms in total. The Labute approximate surface area is 184 Å². The molecule has 1 fully saturated rings. The SMILES string of the molecule is Cc1ccc([N+](=O)[O-])cc1S(=O)(=O)N1CCC(N2C(=O)OCc3cc(Cl)ccc32)CC1. The predicted octanol–water partition coefficient (Wildman–Crippen LogP) is 3.87. The van der Waals surface area contributed by atoms with Crippen molar-refractivity contribution in [2.45, 2.75) is 37.3 Å². The lowest BCUT2D eigenvalue weighted by molar-refractivity contribution is -0.385. The zero-order valence-electron chi connectivity index (χ0n) is 16.7. The maximum atomic E-state index is 13.1. The maximum absolute atomic E-state index is 13.1. The van der Waals surface area contributed by atoms with E-state index in [0.717, 1.165) is 17.3 Å². The van der Waals surface area contributed by atoms with Gasteiger partial charge in [-0.3, -0.25) is 15.0 Å². The van der Waals surface area contributed by atoms with Crippen LogP contribution in [0.25, 0.3) is 0 Å². The highest BCUT2D eigenvalue weighted by Gasteiger charge is 2.37. The molecule has 2 heterocycles. The third kappa shape index (κ3) is 3.98. The van der Waals surface area contributed by atoms with Gasteiger partial charge >= 0.3 is 6.09 Å². The number of nitro groups is 1. The maximum Gasteiger partial charge on any atom is 0.414 e. The number of rotatable bonds is 4. The topological polar surface area (TPSA) is 110 Å². The van der Waals surface area contributed by atoms with E-state index in [1.54, 1.807) is 30.0 Å². The Hall–Kier alpha value is -2.69. The number of anilines is 1. The number of fused-ring (bicyclic) bond motifs is 1. The number of amides is 1. The lowest BCUT2D eigenvalue weighted by Crippen LogP contribution is -2.50. The van der Waals surface area contributed by atoms with E-state index in [2.05, 4.69) is 0 Å². The second kappa shape index (κ2) is 8.10. The predicted molar refractivity (Wildman–Crippen MR) is 114 cm³/mol. The Kier molecular flexibility index (Phi) is 5.63. The molecule has 0 aromatic heterocycles. The molecule has 2 aromatic carbocycles. The third-order valence-electron chi connectivity index (χ3n) is 5.64. The number of hydrogen-bond donors (Lipinski definition) is 0. The number of nitro benzene ring substituents is 1. The summed E-state index contributed by atoms with van der Waals surface area (Å²) in [6, 6.07) is 8.81. The number of carbonyl (C=O) groups excluding carboxylic acids is 1. The summed E-state index contributed by atoms with van der Waals surface area (Å²) in [6.45, 7) is 2.11. The van der Waals surface area contributed by atoms with E-state index in [1.165, 1.54) is 16.4 Å². The van der Waals surface area contributed by atoms with Crippen LogP contribution in [0.2, 0.25) is 5.02 Å².